The molecule has 4 nitrogen and oxygen atoms in total. The molecule has 0 aliphatic heterocycles. The second kappa shape index (κ2) is 7.02. The van der Waals surface area contributed by atoms with E-state index in [4.69, 9.17) is 14.2 Å². The smallest absolute Gasteiger partial charge is 0.169 e. The van der Waals surface area contributed by atoms with E-state index in [2.05, 4.69) is 6.92 Å². The molecule has 1 aromatic carbocycles. The maximum absolute atomic E-state index is 12.4. The Balaban J connectivity index is 3.21. The van der Waals surface area contributed by atoms with Crippen LogP contribution >= 0.6 is 0 Å². The van der Waals surface area contributed by atoms with Crippen molar-refractivity contribution < 1.29 is 19.0 Å². The van der Waals surface area contributed by atoms with Crippen LogP contribution < -0.4 is 14.2 Å². The van der Waals surface area contributed by atoms with Crippen molar-refractivity contribution in [2.24, 2.45) is 5.92 Å². The summed E-state index contributed by atoms with van der Waals surface area (Å²) in [5.41, 5.74) is 0.543. The maximum Gasteiger partial charge on any atom is 0.169 e. The Morgan fingerprint density at radius 1 is 1.05 bits per heavy atom. The highest BCUT2D eigenvalue weighted by Crippen LogP contribution is 2.36. The summed E-state index contributed by atoms with van der Waals surface area (Å²) < 4.78 is 15.7. The fraction of sp³-hybridized carbons (Fsp3) is 0.533. The van der Waals surface area contributed by atoms with E-state index in [0.29, 0.717) is 22.8 Å². The zero-order valence-electron chi connectivity index (χ0n) is 12.3. The van der Waals surface area contributed by atoms with Crippen LogP contribution in [0.5, 0.6) is 17.2 Å². The van der Waals surface area contributed by atoms with E-state index in [0.717, 1.165) is 12.8 Å². The number of ether oxygens (including phenoxy) is 3. The largest absolute Gasteiger partial charge is 0.496 e. The lowest BCUT2D eigenvalue weighted by molar-refractivity contribution is 0.0920. The Kier molecular flexibility index (Phi) is 5.67. The van der Waals surface area contributed by atoms with Gasteiger partial charge in [0.15, 0.2) is 17.3 Å². The van der Waals surface area contributed by atoms with E-state index in [1.807, 2.05) is 6.92 Å². The highest BCUT2D eigenvalue weighted by molar-refractivity contribution is 6.00. The second-order valence-corrected chi connectivity index (χ2v) is 4.46. The van der Waals surface area contributed by atoms with Crippen molar-refractivity contribution in [3.8, 4) is 17.2 Å². The van der Waals surface area contributed by atoms with Gasteiger partial charge in [0.2, 0.25) is 0 Å². The van der Waals surface area contributed by atoms with Crippen LogP contribution in [0, 0.1) is 5.92 Å². The number of ketones is 1. The van der Waals surface area contributed by atoms with Gasteiger partial charge in [0.05, 0.1) is 26.9 Å². The minimum atomic E-state index is -0.0306. The van der Waals surface area contributed by atoms with Gasteiger partial charge < -0.3 is 14.2 Å². The van der Waals surface area contributed by atoms with Crippen molar-refractivity contribution in [3.63, 3.8) is 0 Å². The third-order valence-corrected chi connectivity index (χ3v) is 3.14. The fourth-order valence-corrected chi connectivity index (χ4v) is 2.05. The molecule has 0 bridgehead atoms. The second-order valence-electron chi connectivity index (χ2n) is 4.46. The zero-order valence-corrected chi connectivity index (χ0v) is 12.3. The molecule has 1 atom stereocenters. The van der Waals surface area contributed by atoms with Gasteiger partial charge in [0.25, 0.3) is 0 Å². The van der Waals surface area contributed by atoms with Crippen molar-refractivity contribution in [2.75, 3.05) is 21.3 Å². The first-order valence-electron chi connectivity index (χ1n) is 6.43. The van der Waals surface area contributed by atoms with Crippen LogP contribution in [0.4, 0.5) is 0 Å². The van der Waals surface area contributed by atoms with Crippen LogP contribution in [0.2, 0.25) is 0 Å². The van der Waals surface area contributed by atoms with E-state index in [1.54, 1.807) is 33.5 Å². The predicted octanol–water partition coefficient (Wildman–Crippen LogP) is 3.33. The van der Waals surface area contributed by atoms with E-state index < -0.39 is 0 Å². The van der Waals surface area contributed by atoms with Crippen LogP contribution in [-0.4, -0.2) is 27.1 Å². The Labute approximate surface area is 114 Å². The van der Waals surface area contributed by atoms with Gasteiger partial charge in [-0.1, -0.05) is 20.3 Å². The van der Waals surface area contributed by atoms with Gasteiger partial charge in [-0.3, -0.25) is 4.79 Å². The lowest BCUT2D eigenvalue weighted by atomic mass is 9.94. The van der Waals surface area contributed by atoms with Crippen LogP contribution in [0.25, 0.3) is 0 Å². The number of hydrogen-bond acceptors (Lipinski definition) is 4. The van der Waals surface area contributed by atoms with E-state index >= 15 is 0 Å². The molecule has 1 rings (SSSR count). The molecule has 0 heterocycles. The summed E-state index contributed by atoms with van der Waals surface area (Å²) in [6.07, 6.45) is 1.83. The molecule has 0 aliphatic carbocycles. The average Bonchev–Trinajstić information content (AvgIpc) is 2.45. The van der Waals surface area contributed by atoms with Gasteiger partial charge in [-0.15, -0.1) is 0 Å². The van der Waals surface area contributed by atoms with Crippen molar-refractivity contribution in [2.45, 2.75) is 26.7 Å². The van der Waals surface area contributed by atoms with Crippen molar-refractivity contribution in [1.29, 1.82) is 0 Å². The van der Waals surface area contributed by atoms with E-state index in [1.165, 1.54) is 0 Å². The topological polar surface area (TPSA) is 44.8 Å². The standard InChI is InChI=1S/C15H22O4/c1-6-7-10(2)15(16)11-8-13(18-4)14(19-5)9-12(11)17-3/h8-10H,6-7H2,1-5H3. The number of rotatable bonds is 7. The Morgan fingerprint density at radius 2 is 1.58 bits per heavy atom. The molecule has 0 spiro atoms. The molecule has 0 radical (unpaired) electrons. The molecule has 0 saturated heterocycles. The number of methoxy groups -OCH3 is 3. The number of hydrogen-bond donors (Lipinski definition) is 0. The normalized spacial score (nSPS) is 11.8. The van der Waals surface area contributed by atoms with Crippen LogP contribution in [0.3, 0.4) is 0 Å². The summed E-state index contributed by atoms with van der Waals surface area (Å²) >= 11 is 0. The molecule has 4 heteroatoms. The number of benzene rings is 1. The van der Waals surface area contributed by atoms with Crippen LogP contribution in [-0.2, 0) is 0 Å². The van der Waals surface area contributed by atoms with E-state index in [9.17, 15) is 4.79 Å². The van der Waals surface area contributed by atoms with Crippen molar-refractivity contribution in [3.05, 3.63) is 17.7 Å². The Bertz CT molecular complexity index is 440. The maximum atomic E-state index is 12.4. The third kappa shape index (κ3) is 3.40. The van der Waals surface area contributed by atoms with Crippen molar-refractivity contribution >= 4 is 5.78 Å². The predicted molar refractivity (Wildman–Crippen MR) is 74.5 cm³/mol. The van der Waals surface area contributed by atoms with Gasteiger partial charge in [0.1, 0.15) is 5.75 Å². The zero-order chi connectivity index (χ0) is 14.4. The fourth-order valence-electron chi connectivity index (χ4n) is 2.05. The number of Topliss-reactive ketones (excluding diaryl/α,β-unsaturated/α-hetero) is 1. The summed E-state index contributed by atoms with van der Waals surface area (Å²) in [7, 11) is 4.65. The Morgan fingerprint density at radius 3 is 2.05 bits per heavy atom. The van der Waals surface area contributed by atoms with Gasteiger partial charge in [0, 0.05) is 12.0 Å². The average molecular weight is 266 g/mol. The van der Waals surface area contributed by atoms with Crippen molar-refractivity contribution in [1.82, 2.24) is 0 Å². The number of carbonyl (C=O) groups excluding carboxylic acids is 1. The molecule has 0 fully saturated rings. The number of carbonyl (C=O) groups is 1. The SMILES string of the molecule is CCCC(C)C(=O)c1cc(OC)c(OC)cc1OC. The summed E-state index contributed by atoms with van der Waals surface area (Å²) in [5.74, 6) is 1.65. The molecular formula is C15H22O4. The quantitative estimate of drug-likeness (QED) is 0.710. The third-order valence-electron chi connectivity index (χ3n) is 3.14. The summed E-state index contributed by atoms with van der Waals surface area (Å²) in [4.78, 5) is 12.4. The lowest BCUT2D eigenvalue weighted by Crippen LogP contribution is -2.12. The van der Waals surface area contributed by atoms with Crippen LogP contribution in [0.1, 0.15) is 37.0 Å². The molecule has 1 aromatic rings. The molecule has 106 valence electrons. The molecule has 0 saturated carbocycles. The van der Waals surface area contributed by atoms with Gasteiger partial charge in [-0.25, -0.2) is 0 Å². The minimum absolute atomic E-state index is 0.0306. The Hall–Kier alpha value is -1.71. The summed E-state index contributed by atoms with van der Waals surface area (Å²) in [6.45, 7) is 4.00. The summed E-state index contributed by atoms with van der Waals surface area (Å²) in [5, 5.41) is 0. The highest BCUT2D eigenvalue weighted by atomic mass is 16.5. The monoisotopic (exact) mass is 266 g/mol. The molecule has 0 amide bonds. The lowest BCUT2D eigenvalue weighted by Gasteiger charge is -2.15. The molecule has 1 unspecified atom stereocenters. The molecule has 0 N–H and O–H groups in total. The molecule has 0 aromatic heterocycles. The molecule has 19 heavy (non-hydrogen) atoms. The molecular weight excluding hydrogens is 244 g/mol. The first kappa shape index (κ1) is 15.3. The summed E-state index contributed by atoms with van der Waals surface area (Å²) in [6, 6.07) is 3.37. The minimum Gasteiger partial charge on any atom is -0.496 e. The van der Waals surface area contributed by atoms with Crippen LogP contribution in [0.15, 0.2) is 12.1 Å². The van der Waals surface area contributed by atoms with Gasteiger partial charge >= 0.3 is 0 Å². The first-order valence-corrected chi connectivity index (χ1v) is 6.43. The first-order chi connectivity index (χ1) is 9.08. The highest BCUT2D eigenvalue weighted by Gasteiger charge is 2.21. The molecule has 0 aliphatic rings. The van der Waals surface area contributed by atoms with Gasteiger partial charge in [-0.05, 0) is 12.5 Å². The van der Waals surface area contributed by atoms with Gasteiger partial charge in [-0.2, -0.15) is 0 Å². The van der Waals surface area contributed by atoms with E-state index in [-0.39, 0.29) is 11.7 Å².